The second-order valence-electron chi connectivity index (χ2n) is 3.73. The molecule has 1 nitrogen and oxygen atoms in total. The summed E-state index contributed by atoms with van der Waals surface area (Å²) in [4.78, 5) is 0. The Morgan fingerprint density at radius 3 is 2.11 bits per heavy atom. The van der Waals surface area contributed by atoms with Gasteiger partial charge in [0, 0.05) is 6.54 Å². The van der Waals surface area contributed by atoms with E-state index in [1.807, 2.05) is 33.0 Å². The summed E-state index contributed by atoms with van der Waals surface area (Å²) in [6.45, 7) is 9.17. The molecule has 2 rings (SSSR count). The van der Waals surface area contributed by atoms with Crippen molar-refractivity contribution in [2.75, 3.05) is 6.54 Å². The van der Waals surface area contributed by atoms with E-state index in [2.05, 4.69) is 18.3 Å². The maximum atomic E-state index is 12.2. The largest absolute Gasteiger partial charge is 0.387 e. The lowest BCUT2D eigenvalue weighted by Crippen LogP contribution is -2.10. The van der Waals surface area contributed by atoms with E-state index in [-0.39, 0.29) is 5.82 Å². The van der Waals surface area contributed by atoms with Crippen molar-refractivity contribution >= 4 is 0 Å². The predicted octanol–water partition coefficient (Wildman–Crippen LogP) is 4.46. The third-order valence-corrected chi connectivity index (χ3v) is 2.30. The highest BCUT2D eigenvalue weighted by atomic mass is 19.1. The number of hydrogen-bond donors (Lipinski definition) is 1. The lowest BCUT2D eigenvalue weighted by molar-refractivity contribution is 0.627. The number of allylic oxidation sites excluding steroid dienone is 2. The zero-order valence-electron chi connectivity index (χ0n) is 11.8. The van der Waals surface area contributed by atoms with Crippen LogP contribution in [-0.4, -0.2) is 6.54 Å². The van der Waals surface area contributed by atoms with Gasteiger partial charge in [0.05, 0.1) is 0 Å². The molecule has 1 aromatic carbocycles. The van der Waals surface area contributed by atoms with Crippen molar-refractivity contribution in [1.29, 1.82) is 0 Å². The predicted molar refractivity (Wildman–Crippen MR) is 78.0 cm³/mol. The summed E-state index contributed by atoms with van der Waals surface area (Å²) >= 11 is 0. The van der Waals surface area contributed by atoms with Crippen LogP contribution in [0.4, 0.5) is 4.39 Å². The molecule has 1 aliphatic heterocycles. The summed E-state index contributed by atoms with van der Waals surface area (Å²) in [5.41, 5.74) is 2.57. The van der Waals surface area contributed by atoms with Gasteiger partial charge < -0.3 is 5.32 Å². The molecule has 2 heteroatoms. The lowest BCUT2D eigenvalue weighted by Gasteiger charge is -2.02. The standard InChI is InChI=1S/C8H9F.C6H9N.C2H6/c1-2-7-3-5-8(9)6-4-7;1-6-3-2-4-7-5-6;1-2/h3-6H,2H2,1H3;2-4,7H,5H2,1H3;1-2H3. The Morgan fingerprint density at radius 2 is 1.78 bits per heavy atom. The fourth-order valence-electron chi connectivity index (χ4n) is 1.28. The minimum absolute atomic E-state index is 0.160. The van der Waals surface area contributed by atoms with Gasteiger partial charge in [-0.3, -0.25) is 0 Å². The third-order valence-electron chi connectivity index (χ3n) is 2.30. The maximum Gasteiger partial charge on any atom is 0.123 e. The van der Waals surface area contributed by atoms with Gasteiger partial charge in [-0.25, -0.2) is 4.39 Å². The Balaban J connectivity index is 0.000000289. The van der Waals surface area contributed by atoms with Crippen LogP contribution in [0, 0.1) is 5.82 Å². The number of hydrogen-bond acceptors (Lipinski definition) is 1. The molecule has 0 bridgehead atoms. The van der Waals surface area contributed by atoms with E-state index in [0.717, 1.165) is 13.0 Å². The zero-order chi connectivity index (χ0) is 13.8. The first kappa shape index (κ1) is 16.4. The molecule has 0 radical (unpaired) electrons. The number of dihydropyridines is 1. The van der Waals surface area contributed by atoms with E-state index in [1.165, 1.54) is 23.3 Å². The van der Waals surface area contributed by atoms with Crippen molar-refractivity contribution in [1.82, 2.24) is 5.32 Å². The summed E-state index contributed by atoms with van der Waals surface area (Å²) in [6, 6.07) is 6.57. The third kappa shape index (κ3) is 7.66. The molecule has 18 heavy (non-hydrogen) atoms. The SMILES string of the molecule is CC.CC1=CC=CNC1.CCc1ccc(F)cc1. The Kier molecular flexibility index (Phi) is 9.65. The van der Waals surface area contributed by atoms with Crippen LogP contribution in [-0.2, 0) is 6.42 Å². The highest BCUT2D eigenvalue weighted by molar-refractivity contribution is 5.16. The van der Waals surface area contributed by atoms with Gasteiger partial charge >= 0.3 is 0 Å². The van der Waals surface area contributed by atoms with Crippen molar-refractivity contribution in [2.24, 2.45) is 0 Å². The van der Waals surface area contributed by atoms with Crippen molar-refractivity contribution in [3.05, 3.63) is 59.6 Å². The van der Waals surface area contributed by atoms with Gasteiger partial charge in [-0.1, -0.05) is 44.6 Å². The van der Waals surface area contributed by atoms with Gasteiger partial charge in [-0.05, 0) is 43.3 Å². The van der Waals surface area contributed by atoms with Crippen molar-refractivity contribution in [2.45, 2.75) is 34.1 Å². The molecule has 0 saturated carbocycles. The first-order valence-corrected chi connectivity index (χ1v) is 6.52. The van der Waals surface area contributed by atoms with Gasteiger partial charge in [0.15, 0.2) is 0 Å². The summed E-state index contributed by atoms with van der Waals surface area (Å²) < 4.78 is 12.2. The average molecular weight is 249 g/mol. The zero-order valence-corrected chi connectivity index (χ0v) is 11.8. The Morgan fingerprint density at radius 1 is 1.17 bits per heavy atom. The summed E-state index contributed by atoms with van der Waals surface area (Å²) in [5.74, 6) is -0.160. The van der Waals surface area contributed by atoms with Crippen LogP contribution in [0.15, 0.2) is 48.2 Å². The number of halogens is 1. The van der Waals surface area contributed by atoms with Crippen LogP contribution in [0.25, 0.3) is 0 Å². The average Bonchev–Trinajstić information content (AvgIpc) is 2.43. The van der Waals surface area contributed by atoms with Crippen LogP contribution in [0.3, 0.4) is 0 Å². The highest BCUT2D eigenvalue weighted by Gasteiger charge is 1.87. The minimum Gasteiger partial charge on any atom is -0.387 e. The number of nitrogens with one attached hydrogen (secondary N) is 1. The van der Waals surface area contributed by atoms with Crippen molar-refractivity contribution < 1.29 is 4.39 Å². The fourth-order valence-corrected chi connectivity index (χ4v) is 1.28. The van der Waals surface area contributed by atoms with Crippen LogP contribution < -0.4 is 5.32 Å². The van der Waals surface area contributed by atoms with E-state index < -0.39 is 0 Å². The molecule has 0 saturated heterocycles. The number of benzene rings is 1. The molecule has 0 aromatic heterocycles. The van der Waals surface area contributed by atoms with E-state index in [9.17, 15) is 4.39 Å². The minimum atomic E-state index is -0.160. The van der Waals surface area contributed by atoms with E-state index in [0.29, 0.717) is 0 Å². The Labute approximate surface area is 110 Å². The molecule has 1 N–H and O–H groups in total. The second kappa shape index (κ2) is 10.6. The highest BCUT2D eigenvalue weighted by Crippen LogP contribution is 2.01. The molecular weight excluding hydrogens is 225 g/mol. The van der Waals surface area contributed by atoms with E-state index in [1.54, 1.807) is 12.1 Å². The smallest absolute Gasteiger partial charge is 0.123 e. The second-order valence-corrected chi connectivity index (χ2v) is 3.73. The topological polar surface area (TPSA) is 12.0 Å². The van der Waals surface area contributed by atoms with Crippen molar-refractivity contribution in [3.8, 4) is 0 Å². The molecule has 1 heterocycles. The molecule has 0 fully saturated rings. The molecule has 0 aliphatic carbocycles. The molecule has 0 amide bonds. The molecule has 100 valence electrons. The van der Waals surface area contributed by atoms with Crippen LogP contribution in [0.1, 0.15) is 33.3 Å². The van der Waals surface area contributed by atoms with Crippen LogP contribution >= 0.6 is 0 Å². The monoisotopic (exact) mass is 249 g/mol. The summed E-state index contributed by atoms with van der Waals surface area (Å²) in [6.07, 6.45) is 7.04. The van der Waals surface area contributed by atoms with Crippen LogP contribution in [0.5, 0.6) is 0 Å². The van der Waals surface area contributed by atoms with Gasteiger partial charge in [-0.15, -0.1) is 0 Å². The number of aryl methyl sites for hydroxylation is 1. The first-order valence-electron chi connectivity index (χ1n) is 6.52. The summed E-state index contributed by atoms with van der Waals surface area (Å²) in [7, 11) is 0. The normalized spacial score (nSPS) is 12.2. The Bertz CT molecular complexity index is 363. The summed E-state index contributed by atoms with van der Waals surface area (Å²) in [5, 5.41) is 3.09. The molecule has 1 aromatic rings. The lowest BCUT2D eigenvalue weighted by atomic mass is 10.2. The first-order chi connectivity index (χ1) is 8.72. The van der Waals surface area contributed by atoms with E-state index >= 15 is 0 Å². The molecule has 1 aliphatic rings. The van der Waals surface area contributed by atoms with Gasteiger partial charge in [-0.2, -0.15) is 0 Å². The quantitative estimate of drug-likeness (QED) is 0.774. The molecule has 0 spiro atoms. The van der Waals surface area contributed by atoms with Gasteiger partial charge in [0.1, 0.15) is 5.82 Å². The Hall–Kier alpha value is -1.57. The maximum absolute atomic E-state index is 12.2. The van der Waals surface area contributed by atoms with Gasteiger partial charge in [0.25, 0.3) is 0 Å². The molecule has 0 atom stereocenters. The molecule has 0 unspecified atom stereocenters. The van der Waals surface area contributed by atoms with E-state index in [4.69, 9.17) is 0 Å². The number of rotatable bonds is 1. The fraction of sp³-hybridized carbons (Fsp3) is 0.375. The van der Waals surface area contributed by atoms with Crippen molar-refractivity contribution in [3.63, 3.8) is 0 Å². The van der Waals surface area contributed by atoms with Gasteiger partial charge in [0.2, 0.25) is 0 Å². The molecular formula is C16H24FN. The van der Waals surface area contributed by atoms with Crippen LogP contribution in [0.2, 0.25) is 0 Å².